The van der Waals surface area contributed by atoms with Crippen LogP contribution in [0.3, 0.4) is 0 Å². The molecule has 0 bridgehead atoms. The van der Waals surface area contributed by atoms with E-state index < -0.39 is 20.6 Å². The third kappa shape index (κ3) is 3.13. The Balaban J connectivity index is 2.25. The SMILES string of the molecule is O=[N+]([O-])c1cc(S(=O)(=O)NCc2ccn[nH]2)ccc1Cl. The predicted octanol–water partition coefficient (Wildman–Crippen LogP) is 1.45. The maximum atomic E-state index is 12.0. The van der Waals surface area contributed by atoms with Crippen LogP contribution < -0.4 is 4.72 Å². The number of nitrogens with one attached hydrogen (secondary N) is 2. The molecule has 0 saturated carbocycles. The molecular formula is C10H9ClN4O4S. The summed E-state index contributed by atoms with van der Waals surface area (Å²) in [7, 11) is -3.87. The highest BCUT2D eigenvalue weighted by Crippen LogP contribution is 2.26. The van der Waals surface area contributed by atoms with E-state index in [4.69, 9.17) is 11.6 Å². The van der Waals surface area contributed by atoms with Gasteiger partial charge in [0.15, 0.2) is 0 Å². The van der Waals surface area contributed by atoms with Crippen molar-refractivity contribution >= 4 is 27.3 Å². The van der Waals surface area contributed by atoms with Gasteiger partial charge in [-0.05, 0) is 18.2 Å². The van der Waals surface area contributed by atoms with Crippen molar-refractivity contribution in [3.8, 4) is 0 Å². The maximum absolute atomic E-state index is 12.0. The van der Waals surface area contributed by atoms with Gasteiger partial charge in [0.05, 0.1) is 22.1 Å². The molecular weight excluding hydrogens is 308 g/mol. The molecule has 0 amide bonds. The molecule has 20 heavy (non-hydrogen) atoms. The molecule has 0 saturated heterocycles. The van der Waals surface area contributed by atoms with Gasteiger partial charge in [0.2, 0.25) is 10.0 Å². The van der Waals surface area contributed by atoms with Crippen LogP contribution in [0.1, 0.15) is 5.69 Å². The lowest BCUT2D eigenvalue weighted by Gasteiger charge is -2.06. The summed E-state index contributed by atoms with van der Waals surface area (Å²) >= 11 is 5.63. The molecule has 0 radical (unpaired) electrons. The van der Waals surface area contributed by atoms with E-state index in [0.29, 0.717) is 5.69 Å². The molecule has 0 spiro atoms. The number of H-pyrrole nitrogens is 1. The quantitative estimate of drug-likeness (QED) is 0.639. The zero-order chi connectivity index (χ0) is 14.8. The van der Waals surface area contributed by atoms with Gasteiger partial charge in [-0.15, -0.1) is 0 Å². The lowest BCUT2D eigenvalue weighted by molar-refractivity contribution is -0.384. The third-order valence-electron chi connectivity index (χ3n) is 2.44. The van der Waals surface area contributed by atoms with E-state index in [1.54, 1.807) is 6.07 Å². The van der Waals surface area contributed by atoms with Gasteiger partial charge in [-0.2, -0.15) is 5.10 Å². The van der Waals surface area contributed by atoms with Gasteiger partial charge < -0.3 is 0 Å². The Morgan fingerprint density at radius 2 is 2.15 bits per heavy atom. The highest BCUT2D eigenvalue weighted by Gasteiger charge is 2.20. The number of benzene rings is 1. The molecule has 2 aromatic rings. The third-order valence-corrected chi connectivity index (χ3v) is 4.15. The van der Waals surface area contributed by atoms with Crippen molar-refractivity contribution in [2.45, 2.75) is 11.4 Å². The summed E-state index contributed by atoms with van der Waals surface area (Å²) in [6.45, 7) is -0.00123. The van der Waals surface area contributed by atoms with E-state index in [1.165, 1.54) is 18.3 Å². The highest BCUT2D eigenvalue weighted by molar-refractivity contribution is 7.89. The molecule has 8 nitrogen and oxygen atoms in total. The number of nitrogens with zero attached hydrogens (tertiary/aromatic N) is 2. The summed E-state index contributed by atoms with van der Waals surface area (Å²) in [6, 6.07) is 4.89. The number of aromatic amines is 1. The Bertz CT molecular complexity index is 730. The zero-order valence-corrected chi connectivity index (χ0v) is 11.5. The zero-order valence-electron chi connectivity index (χ0n) is 9.91. The van der Waals surface area contributed by atoms with E-state index in [-0.39, 0.29) is 16.5 Å². The van der Waals surface area contributed by atoms with E-state index in [0.717, 1.165) is 6.07 Å². The van der Waals surface area contributed by atoms with Crippen molar-refractivity contribution in [3.63, 3.8) is 0 Å². The van der Waals surface area contributed by atoms with E-state index in [1.807, 2.05) is 0 Å². The van der Waals surface area contributed by atoms with Gasteiger partial charge in [0.25, 0.3) is 5.69 Å². The number of hydrogen-bond donors (Lipinski definition) is 2. The Morgan fingerprint density at radius 3 is 2.75 bits per heavy atom. The van der Waals surface area contributed by atoms with Crippen molar-refractivity contribution in [2.24, 2.45) is 0 Å². The largest absolute Gasteiger partial charge is 0.289 e. The van der Waals surface area contributed by atoms with Crippen molar-refractivity contribution < 1.29 is 13.3 Å². The number of nitro groups is 1. The molecule has 0 atom stereocenters. The molecule has 1 aromatic carbocycles. The minimum absolute atomic E-state index is 0.00123. The molecule has 0 unspecified atom stereocenters. The fourth-order valence-electron chi connectivity index (χ4n) is 1.44. The van der Waals surface area contributed by atoms with Gasteiger partial charge in [-0.1, -0.05) is 11.6 Å². The summed E-state index contributed by atoms with van der Waals surface area (Å²) in [5.41, 5.74) is 0.105. The lowest BCUT2D eigenvalue weighted by Crippen LogP contribution is -2.23. The number of aromatic nitrogens is 2. The summed E-state index contributed by atoms with van der Waals surface area (Å²) in [6.07, 6.45) is 1.48. The predicted molar refractivity (Wildman–Crippen MR) is 70.7 cm³/mol. The molecule has 10 heteroatoms. The van der Waals surface area contributed by atoms with Crippen LogP contribution in [0.15, 0.2) is 35.4 Å². The molecule has 1 heterocycles. The topological polar surface area (TPSA) is 118 Å². The van der Waals surface area contributed by atoms with E-state index >= 15 is 0 Å². The van der Waals surface area contributed by atoms with Crippen molar-refractivity contribution in [1.82, 2.24) is 14.9 Å². The average molecular weight is 317 g/mol. The Hall–Kier alpha value is -1.97. The second kappa shape index (κ2) is 5.57. The van der Waals surface area contributed by atoms with Gasteiger partial charge >= 0.3 is 0 Å². The first-order valence-corrected chi connectivity index (χ1v) is 7.18. The number of hydrogen-bond acceptors (Lipinski definition) is 5. The number of rotatable bonds is 5. The van der Waals surface area contributed by atoms with Crippen LogP contribution in [0.5, 0.6) is 0 Å². The van der Waals surface area contributed by atoms with Gasteiger partial charge in [0.1, 0.15) is 5.02 Å². The standard InChI is InChI=1S/C10H9ClN4O4S/c11-9-2-1-8(5-10(9)15(16)17)20(18,19)13-6-7-3-4-12-14-7/h1-5,13H,6H2,(H,12,14). The van der Waals surface area contributed by atoms with Crippen LogP contribution in [-0.4, -0.2) is 23.5 Å². The summed E-state index contributed by atoms with van der Waals surface area (Å²) in [4.78, 5) is 9.77. The Morgan fingerprint density at radius 1 is 1.40 bits per heavy atom. The minimum Gasteiger partial charge on any atom is -0.281 e. The van der Waals surface area contributed by atoms with Crippen LogP contribution >= 0.6 is 11.6 Å². The Labute approximate surface area is 119 Å². The second-order valence-corrected chi connectivity index (χ2v) is 5.95. The molecule has 106 valence electrons. The van der Waals surface area contributed by atoms with Crippen molar-refractivity contribution in [2.75, 3.05) is 0 Å². The first-order valence-electron chi connectivity index (χ1n) is 5.32. The first kappa shape index (κ1) is 14.4. The summed E-state index contributed by atoms with van der Waals surface area (Å²) in [5.74, 6) is 0. The van der Waals surface area contributed by atoms with Crippen LogP contribution in [0.4, 0.5) is 5.69 Å². The molecule has 0 aliphatic rings. The van der Waals surface area contributed by atoms with Crippen LogP contribution in [-0.2, 0) is 16.6 Å². The van der Waals surface area contributed by atoms with Crippen LogP contribution in [0.25, 0.3) is 0 Å². The maximum Gasteiger partial charge on any atom is 0.289 e. The summed E-state index contributed by atoms with van der Waals surface area (Å²) < 4.78 is 26.3. The average Bonchev–Trinajstić information content (AvgIpc) is 2.89. The first-order chi connectivity index (χ1) is 9.40. The number of nitro benzene ring substituents is 1. The molecule has 2 N–H and O–H groups in total. The summed E-state index contributed by atoms with van der Waals surface area (Å²) in [5, 5.41) is 16.9. The molecule has 1 aromatic heterocycles. The molecule has 2 rings (SSSR count). The Kier molecular flexibility index (Phi) is 4.02. The smallest absolute Gasteiger partial charge is 0.281 e. The minimum atomic E-state index is -3.87. The van der Waals surface area contributed by atoms with Gasteiger partial charge in [-0.25, -0.2) is 13.1 Å². The number of sulfonamides is 1. The monoisotopic (exact) mass is 316 g/mol. The molecule has 0 aliphatic carbocycles. The van der Waals surface area contributed by atoms with Crippen molar-refractivity contribution in [1.29, 1.82) is 0 Å². The van der Waals surface area contributed by atoms with E-state index in [2.05, 4.69) is 14.9 Å². The lowest BCUT2D eigenvalue weighted by atomic mass is 10.3. The van der Waals surface area contributed by atoms with Crippen molar-refractivity contribution in [3.05, 3.63) is 51.3 Å². The molecule has 0 fully saturated rings. The van der Waals surface area contributed by atoms with Gasteiger partial charge in [-0.3, -0.25) is 15.2 Å². The number of halogens is 1. The fourth-order valence-corrected chi connectivity index (χ4v) is 2.65. The second-order valence-electron chi connectivity index (χ2n) is 3.78. The fraction of sp³-hybridized carbons (Fsp3) is 0.100. The van der Waals surface area contributed by atoms with Gasteiger partial charge in [0, 0.05) is 12.3 Å². The van der Waals surface area contributed by atoms with E-state index in [9.17, 15) is 18.5 Å². The van der Waals surface area contributed by atoms with Crippen LogP contribution in [0, 0.1) is 10.1 Å². The molecule has 0 aliphatic heterocycles. The van der Waals surface area contributed by atoms with Crippen LogP contribution in [0.2, 0.25) is 5.02 Å². The normalized spacial score (nSPS) is 11.4. The highest BCUT2D eigenvalue weighted by atomic mass is 35.5.